The Bertz CT molecular complexity index is 353. The van der Waals surface area contributed by atoms with E-state index in [-0.39, 0.29) is 10.8 Å². The molecule has 0 heterocycles. The van der Waals surface area contributed by atoms with Gasteiger partial charge in [0.25, 0.3) is 0 Å². The van der Waals surface area contributed by atoms with Gasteiger partial charge in [-0.1, -0.05) is 47.1 Å². The fourth-order valence-electron chi connectivity index (χ4n) is 3.28. The van der Waals surface area contributed by atoms with Gasteiger partial charge in [0, 0.05) is 5.41 Å². The summed E-state index contributed by atoms with van der Waals surface area (Å²) in [6.07, 6.45) is 4.28. The second-order valence-electron chi connectivity index (χ2n) is 6.06. The van der Waals surface area contributed by atoms with E-state index in [2.05, 4.69) is 34.6 Å². The van der Waals surface area contributed by atoms with Crippen LogP contribution in [0.4, 0.5) is 0 Å². The zero-order valence-corrected chi connectivity index (χ0v) is 12.5. The van der Waals surface area contributed by atoms with Crippen LogP contribution in [0.25, 0.3) is 0 Å². The van der Waals surface area contributed by atoms with Crippen LogP contribution in [0.5, 0.6) is 0 Å². The fraction of sp³-hybridized carbons (Fsp3) is 0.750. The number of rotatable bonds is 2. The van der Waals surface area contributed by atoms with Gasteiger partial charge in [0.15, 0.2) is 0 Å². The van der Waals surface area contributed by atoms with Crippen LogP contribution in [0.2, 0.25) is 0 Å². The number of hydrogen-bond acceptors (Lipinski definition) is 1. The molecule has 0 radical (unpaired) electrons. The molecule has 0 aromatic carbocycles. The van der Waals surface area contributed by atoms with E-state index in [4.69, 9.17) is 0 Å². The van der Waals surface area contributed by atoms with Gasteiger partial charge in [-0.05, 0) is 42.7 Å². The van der Waals surface area contributed by atoms with Crippen LogP contribution in [-0.2, 0) is 0 Å². The van der Waals surface area contributed by atoms with E-state index in [1.807, 2.05) is 19.9 Å². The minimum absolute atomic E-state index is 0.130. The smallest absolute Gasteiger partial charge is 0.115 e. The van der Waals surface area contributed by atoms with Crippen molar-refractivity contribution in [2.24, 2.45) is 16.7 Å². The molecule has 1 nitrogen and oxygen atoms in total. The van der Waals surface area contributed by atoms with Crippen molar-refractivity contribution in [2.45, 2.75) is 61.3 Å². The highest BCUT2D eigenvalue weighted by atomic mass is 16.3. The first-order valence-electron chi connectivity index (χ1n) is 6.95. The lowest BCUT2D eigenvalue weighted by Gasteiger charge is -2.34. The Balaban J connectivity index is 0.000000686. The third kappa shape index (κ3) is 2.17. The lowest BCUT2D eigenvalue weighted by atomic mass is 9.70. The number of fused-ring (bicyclic) bond motifs is 1. The molecule has 2 rings (SSSR count). The van der Waals surface area contributed by atoms with Crippen molar-refractivity contribution in [1.82, 2.24) is 0 Å². The van der Waals surface area contributed by atoms with Gasteiger partial charge in [-0.2, -0.15) is 0 Å². The van der Waals surface area contributed by atoms with Gasteiger partial charge in [-0.3, -0.25) is 0 Å². The summed E-state index contributed by atoms with van der Waals surface area (Å²) in [4.78, 5) is 0. The van der Waals surface area contributed by atoms with Gasteiger partial charge in [0.05, 0.1) is 0 Å². The van der Waals surface area contributed by atoms with Crippen LogP contribution in [0, 0.1) is 16.7 Å². The second-order valence-corrected chi connectivity index (χ2v) is 6.06. The number of aliphatic hydroxyl groups is 1. The summed E-state index contributed by atoms with van der Waals surface area (Å²) in [5.74, 6) is 1.23. The summed E-state index contributed by atoms with van der Waals surface area (Å²) in [6, 6.07) is 0. The van der Waals surface area contributed by atoms with E-state index >= 15 is 0 Å². The Morgan fingerprint density at radius 2 is 1.94 bits per heavy atom. The van der Waals surface area contributed by atoms with Crippen LogP contribution in [0.15, 0.2) is 23.0 Å². The first-order valence-corrected chi connectivity index (χ1v) is 6.95. The first kappa shape index (κ1) is 14.3. The van der Waals surface area contributed by atoms with Gasteiger partial charge in [-0.25, -0.2) is 0 Å². The van der Waals surface area contributed by atoms with Crippen molar-refractivity contribution in [3.63, 3.8) is 0 Å². The summed E-state index contributed by atoms with van der Waals surface area (Å²) in [5, 5.41) is 10.2. The van der Waals surface area contributed by atoms with E-state index in [0.29, 0.717) is 11.7 Å². The zero-order chi connectivity index (χ0) is 13.4. The summed E-state index contributed by atoms with van der Waals surface area (Å²) < 4.78 is 0. The van der Waals surface area contributed by atoms with Crippen LogP contribution >= 0.6 is 0 Å². The number of hydrogen-bond donors (Lipinski definition) is 1. The molecule has 2 atom stereocenters. The van der Waals surface area contributed by atoms with E-state index in [1.54, 1.807) is 0 Å². The Hall–Kier alpha value is -0.720. The molecule has 2 aliphatic rings. The molecule has 0 saturated heterocycles. The highest BCUT2D eigenvalue weighted by Gasteiger charge is 2.58. The molecule has 0 aromatic rings. The Morgan fingerprint density at radius 3 is 2.41 bits per heavy atom. The Kier molecular flexibility index (Phi) is 3.81. The van der Waals surface area contributed by atoms with Gasteiger partial charge in [0.2, 0.25) is 0 Å². The van der Waals surface area contributed by atoms with Gasteiger partial charge < -0.3 is 5.11 Å². The van der Waals surface area contributed by atoms with Crippen LogP contribution in [-0.4, -0.2) is 5.11 Å². The monoisotopic (exact) mass is 236 g/mol. The summed E-state index contributed by atoms with van der Waals surface area (Å²) in [6.45, 7) is 15.1. The van der Waals surface area contributed by atoms with Gasteiger partial charge >= 0.3 is 0 Å². The predicted molar refractivity (Wildman–Crippen MR) is 75.0 cm³/mol. The SMILES string of the molecule is CC.CCC(C)(C)C1=C(O)C=C(C)C2CC12C. The largest absolute Gasteiger partial charge is 0.508 e. The maximum Gasteiger partial charge on any atom is 0.115 e. The van der Waals surface area contributed by atoms with Gasteiger partial charge in [0.1, 0.15) is 5.76 Å². The van der Waals surface area contributed by atoms with E-state index in [0.717, 1.165) is 6.42 Å². The molecule has 0 aromatic heterocycles. The molecular weight excluding hydrogens is 208 g/mol. The number of aliphatic hydroxyl groups excluding tert-OH is 1. The quantitative estimate of drug-likeness (QED) is 0.694. The number of allylic oxidation sites excluding steroid dienone is 3. The van der Waals surface area contributed by atoms with E-state index in [9.17, 15) is 5.11 Å². The third-order valence-electron chi connectivity index (χ3n) is 4.54. The molecule has 17 heavy (non-hydrogen) atoms. The molecule has 2 unspecified atom stereocenters. The molecule has 1 heteroatoms. The molecule has 1 N–H and O–H groups in total. The van der Waals surface area contributed by atoms with Gasteiger partial charge in [-0.15, -0.1) is 0 Å². The molecule has 0 bridgehead atoms. The lowest BCUT2D eigenvalue weighted by Crippen LogP contribution is -2.25. The Morgan fingerprint density at radius 1 is 1.41 bits per heavy atom. The summed E-state index contributed by atoms with van der Waals surface area (Å²) >= 11 is 0. The predicted octanol–water partition coefficient (Wildman–Crippen LogP) is 5.25. The summed E-state index contributed by atoms with van der Waals surface area (Å²) in [7, 11) is 0. The fourth-order valence-corrected chi connectivity index (χ4v) is 3.28. The topological polar surface area (TPSA) is 20.2 Å². The van der Waals surface area contributed by atoms with Crippen molar-refractivity contribution < 1.29 is 5.11 Å². The summed E-state index contributed by atoms with van der Waals surface area (Å²) in [5.41, 5.74) is 3.02. The molecule has 0 amide bonds. The molecule has 0 aliphatic heterocycles. The zero-order valence-electron chi connectivity index (χ0n) is 12.5. The van der Waals surface area contributed by atoms with Crippen LogP contribution < -0.4 is 0 Å². The molecule has 1 fully saturated rings. The molecule has 0 spiro atoms. The lowest BCUT2D eigenvalue weighted by molar-refractivity contribution is 0.312. The minimum Gasteiger partial charge on any atom is -0.508 e. The highest BCUT2D eigenvalue weighted by Crippen LogP contribution is 2.67. The average Bonchev–Trinajstić information content (AvgIpc) is 2.94. The molecule has 2 aliphatic carbocycles. The minimum atomic E-state index is 0.130. The van der Waals surface area contributed by atoms with Crippen LogP contribution in [0.1, 0.15) is 61.3 Å². The Labute approximate surface area is 107 Å². The van der Waals surface area contributed by atoms with Crippen molar-refractivity contribution in [1.29, 1.82) is 0 Å². The maximum atomic E-state index is 10.2. The molecule has 1 saturated carbocycles. The van der Waals surface area contributed by atoms with Crippen molar-refractivity contribution in [3.05, 3.63) is 23.0 Å². The van der Waals surface area contributed by atoms with Crippen molar-refractivity contribution in [3.8, 4) is 0 Å². The van der Waals surface area contributed by atoms with E-state index in [1.165, 1.54) is 17.6 Å². The molecular formula is C16H28O. The average molecular weight is 236 g/mol. The first-order chi connectivity index (χ1) is 7.83. The van der Waals surface area contributed by atoms with Crippen molar-refractivity contribution >= 4 is 0 Å². The third-order valence-corrected chi connectivity index (χ3v) is 4.54. The normalized spacial score (nSPS) is 31.2. The molecule has 98 valence electrons. The van der Waals surface area contributed by atoms with Crippen molar-refractivity contribution in [2.75, 3.05) is 0 Å². The maximum absolute atomic E-state index is 10.2. The highest BCUT2D eigenvalue weighted by molar-refractivity contribution is 5.45. The second kappa shape index (κ2) is 4.51. The van der Waals surface area contributed by atoms with Crippen LogP contribution in [0.3, 0.4) is 0 Å². The standard InChI is InChI=1S/C14H22O.C2H6/c1-6-13(3,4)12-11(15)7-9(2)10-8-14(10,12)5;1-2/h7,10,15H,6,8H2,1-5H3;1-2H3. The van der Waals surface area contributed by atoms with E-state index < -0.39 is 0 Å².